The lowest BCUT2D eigenvalue weighted by atomic mass is 10.1. The summed E-state index contributed by atoms with van der Waals surface area (Å²) in [6, 6.07) is 15.0. The summed E-state index contributed by atoms with van der Waals surface area (Å²) >= 11 is 0. The largest absolute Gasteiger partial charge is 0.496 e. The monoisotopic (exact) mass is 516 g/mol. The van der Waals surface area contributed by atoms with Crippen LogP contribution in [0.5, 0.6) is 17.2 Å². The predicted molar refractivity (Wildman–Crippen MR) is 144 cm³/mol. The number of aryl methyl sites for hydroxylation is 1. The highest BCUT2D eigenvalue weighted by Gasteiger charge is 2.20. The van der Waals surface area contributed by atoms with Gasteiger partial charge in [-0.2, -0.15) is 9.61 Å². The smallest absolute Gasteiger partial charge is 0.277 e. The first-order valence-corrected chi connectivity index (χ1v) is 12.9. The van der Waals surface area contributed by atoms with Crippen molar-refractivity contribution < 1.29 is 19.0 Å². The molecule has 4 aromatic rings. The zero-order chi connectivity index (χ0) is 26.8. The predicted octanol–water partition coefficient (Wildman–Crippen LogP) is 4.08. The highest BCUT2D eigenvalue weighted by atomic mass is 16.6. The Labute approximate surface area is 221 Å². The van der Waals surface area contributed by atoms with E-state index in [9.17, 15) is 9.59 Å². The normalized spacial score (nSPS) is 13.4. The average Bonchev–Trinajstić information content (AvgIpc) is 3.38. The van der Waals surface area contributed by atoms with Crippen molar-refractivity contribution in [2.45, 2.75) is 46.2 Å². The van der Waals surface area contributed by atoms with Gasteiger partial charge in [-0.05, 0) is 57.0 Å². The van der Waals surface area contributed by atoms with Crippen molar-refractivity contribution in [1.82, 2.24) is 19.5 Å². The van der Waals surface area contributed by atoms with Crippen LogP contribution in [-0.2, 0) is 17.8 Å². The number of hydrogen-bond donors (Lipinski definition) is 1. The minimum Gasteiger partial charge on any atom is -0.496 e. The lowest BCUT2D eigenvalue weighted by molar-refractivity contribution is -0.121. The molecule has 38 heavy (non-hydrogen) atoms. The number of carbonyl (C=O) groups excluding carboxylic acids is 1. The molecule has 198 valence electrons. The molecule has 0 bridgehead atoms. The average molecular weight is 517 g/mol. The number of hydrogen-bond acceptors (Lipinski definition) is 6. The summed E-state index contributed by atoms with van der Waals surface area (Å²) in [7, 11) is 1.61. The molecule has 3 heterocycles. The SMILES string of the molecule is CCn1c(C)c(CCC(=O)N[C@@H](C)c2ccc3c(c2)OCCO3)c(=O)n2nc(-c3ccccc3OC)cc12. The molecule has 1 N–H and O–H groups in total. The van der Waals surface area contributed by atoms with E-state index in [1.807, 2.05) is 69.3 Å². The number of para-hydroxylation sites is 1. The molecule has 1 aliphatic rings. The van der Waals surface area contributed by atoms with Gasteiger partial charge < -0.3 is 24.1 Å². The van der Waals surface area contributed by atoms with Crippen LogP contribution in [0.25, 0.3) is 16.9 Å². The number of carbonyl (C=O) groups is 1. The third-order valence-corrected chi connectivity index (χ3v) is 7.00. The highest BCUT2D eigenvalue weighted by Crippen LogP contribution is 2.33. The summed E-state index contributed by atoms with van der Waals surface area (Å²) in [5, 5.41) is 7.67. The lowest BCUT2D eigenvalue weighted by Gasteiger charge is -2.21. The Balaban J connectivity index is 1.37. The van der Waals surface area contributed by atoms with Gasteiger partial charge in [0.1, 0.15) is 24.6 Å². The van der Waals surface area contributed by atoms with Gasteiger partial charge in [0.05, 0.1) is 18.8 Å². The molecule has 5 rings (SSSR count). The second-order valence-electron chi connectivity index (χ2n) is 9.31. The minimum atomic E-state index is -0.219. The van der Waals surface area contributed by atoms with E-state index in [-0.39, 0.29) is 23.9 Å². The van der Waals surface area contributed by atoms with Gasteiger partial charge in [0, 0.05) is 35.9 Å². The molecule has 1 aliphatic heterocycles. The van der Waals surface area contributed by atoms with E-state index < -0.39 is 0 Å². The van der Waals surface area contributed by atoms with Gasteiger partial charge in [-0.25, -0.2) is 0 Å². The molecule has 0 fully saturated rings. The number of rotatable bonds is 8. The maximum atomic E-state index is 13.5. The molecule has 1 atom stereocenters. The zero-order valence-corrected chi connectivity index (χ0v) is 22.1. The quantitative estimate of drug-likeness (QED) is 0.379. The Bertz CT molecular complexity index is 1550. The molecule has 0 radical (unpaired) electrons. The fourth-order valence-corrected chi connectivity index (χ4v) is 4.97. The van der Waals surface area contributed by atoms with Crippen LogP contribution >= 0.6 is 0 Å². The number of benzene rings is 2. The molecule has 2 aromatic heterocycles. The standard InChI is InChI=1S/C29H32N4O5/c1-5-32-19(3)21(29(35)33-28(32)17-23(31-33)22-8-6-7-9-24(22)36-4)11-13-27(34)30-18(2)20-10-12-25-26(16-20)38-15-14-37-25/h6-10,12,16-18H,5,11,13-15H2,1-4H3,(H,30,34)/t18-/m0/s1. The number of nitrogens with zero attached hydrogens (tertiary/aromatic N) is 3. The third-order valence-electron chi connectivity index (χ3n) is 7.00. The van der Waals surface area contributed by atoms with Crippen molar-refractivity contribution in [2.75, 3.05) is 20.3 Å². The van der Waals surface area contributed by atoms with E-state index in [0.29, 0.717) is 60.3 Å². The van der Waals surface area contributed by atoms with Gasteiger partial charge in [0.25, 0.3) is 5.56 Å². The molecule has 1 amide bonds. The number of nitrogens with one attached hydrogen (secondary N) is 1. The van der Waals surface area contributed by atoms with Crippen LogP contribution in [0.2, 0.25) is 0 Å². The van der Waals surface area contributed by atoms with Gasteiger partial charge in [-0.15, -0.1) is 0 Å². The number of amides is 1. The van der Waals surface area contributed by atoms with Crippen LogP contribution < -0.4 is 25.1 Å². The molecule has 0 unspecified atom stereocenters. The van der Waals surface area contributed by atoms with Crippen molar-refractivity contribution in [1.29, 1.82) is 0 Å². The summed E-state index contributed by atoms with van der Waals surface area (Å²) in [6.07, 6.45) is 0.491. The van der Waals surface area contributed by atoms with Gasteiger partial charge in [0.2, 0.25) is 5.91 Å². The van der Waals surface area contributed by atoms with Gasteiger partial charge in [-0.1, -0.05) is 18.2 Å². The van der Waals surface area contributed by atoms with Crippen LogP contribution in [0.4, 0.5) is 0 Å². The van der Waals surface area contributed by atoms with Crippen LogP contribution in [0.15, 0.2) is 53.3 Å². The summed E-state index contributed by atoms with van der Waals surface area (Å²) in [5.41, 5.74) is 4.30. The highest BCUT2D eigenvalue weighted by molar-refractivity contribution is 5.77. The topological polar surface area (TPSA) is 96.1 Å². The molecular formula is C29H32N4O5. The Morgan fingerprint density at radius 1 is 1.13 bits per heavy atom. The molecule has 0 aliphatic carbocycles. The lowest BCUT2D eigenvalue weighted by Crippen LogP contribution is -2.29. The van der Waals surface area contributed by atoms with Crippen molar-refractivity contribution in [3.05, 3.63) is 75.7 Å². The van der Waals surface area contributed by atoms with E-state index in [2.05, 4.69) is 15.0 Å². The van der Waals surface area contributed by atoms with Crippen molar-refractivity contribution >= 4 is 11.6 Å². The Kier molecular flexibility index (Phi) is 7.09. The maximum absolute atomic E-state index is 13.5. The Morgan fingerprint density at radius 2 is 1.89 bits per heavy atom. The van der Waals surface area contributed by atoms with E-state index in [0.717, 1.165) is 16.8 Å². The molecule has 2 aromatic carbocycles. The Morgan fingerprint density at radius 3 is 2.66 bits per heavy atom. The molecule has 0 saturated carbocycles. The second-order valence-corrected chi connectivity index (χ2v) is 9.31. The summed E-state index contributed by atoms with van der Waals surface area (Å²) in [6.45, 7) is 7.57. The summed E-state index contributed by atoms with van der Waals surface area (Å²) < 4.78 is 20.2. The van der Waals surface area contributed by atoms with Gasteiger partial charge in [-0.3, -0.25) is 9.59 Å². The van der Waals surface area contributed by atoms with Crippen molar-refractivity contribution in [3.8, 4) is 28.5 Å². The van der Waals surface area contributed by atoms with Gasteiger partial charge in [0.15, 0.2) is 11.5 Å². The second kappa shape index (κ2) is 10.6. The van der Waals surface area contributed by atoms with E-state index in [1.165, 1.54) is 4.52 Å². The molecular weight excluding hydrogens is 484 g/mol. The fraction of sp³-hybridized carbons (Fsp3) is 0.345. The summed E-state index contributed by atoms with van der Waals surface area (Å²) in [5.74, 6) is 1.95. The van der Waals surface area contributed by atoms with Crippen LogP contribution in [-0.4, -0.2) is 40.4 Å². The number of fused-ring (bicyclic) bond motifs is 2. The van der Waals surface area contributed by atoms with Crippen molar-refractivity contribution in [3.63, 3.8) is 0 Å². The first-order valence-electron chi connectivity index (χ1n) is 12.9. The van der Waals surface area contributed by atoms with Crippen LogP contribution in [0.1, 0.15) is 43.1 Å². The molecule has 9 heteroatoms. The van der Waals surface area contributed by atoms with Crippen molar-refractivity contribution in [2.24, 2.45) is 0 Å². The fourth-order valence-electron chi connectivity index (χ4n) is 4.97. The van der Waals surface area contributed by atoms with E-state index in [4.69, 9.17) is 14.2 Å². The van der Waals surface area contributed by atoms with Crippen LogP contribution in [0.3, 0.4) is 0 Å². The minimum absolute atomic E-state index is 0.135. The number of methoxy groups -OCH3 is 1. The first-order chi connectivity index (χ1) is 18.4. The zero-order valence-electron chi connectivity index (χ0n) is 22.1. The first kappa shape index (κ1) is 25.4. The van der Waals surface area contributed by atoms with Crippen LogP contribution in [0, 0.1) is 6.92 Å². The van der Waals surface area contributed by atoms with E-state index in [1.54, 1.807) is 7.11 Å². The number of ether oxygens (including phenoxy) is 3. The van der Waals surface area contributed by atoms with Gasteiger partial charge >= 0.3 is 0 Å². The third kappa shape index (κ3) is 4.71. The maximum Gasteiger partial charge on any atom is 0.277 e. The molecule has 0 saturated heterocycles. The van der Waals surface area contributed by atoms with E-state index >= 15 is 0 Å². The summed E-state index contributed by atoms with van der Waals surface area (Å²) in [4.78, 5) is 26.4. The molecule has 0 spiro atoms. The Hall–Kier alpha value is -4.27. The number of aromatic nitrogens is 3. The molecule has 9 nitrogen and oxygen atoms in total.